The molecule has 0 atom stereocenters. The first-order valence-electron chi connectivity index (χ1n) is 8.65. The summed E-state index contributed by atoms with van der Waals surface area (Å²) in [5.74, 6) is -0.178. The molecule has 142 valence electrons. The van der Waals surface area contributed by atoms with E-state index in [9.17, 15) is 13.2 Å². The maximum absolute atomic E-state index is 12.7. The van der Waals surface area contributed by atoms with Crippen molar-refractivity contribution in [3.05, 3.63) is 35.9 Å². The van der Waals surface area contributed by atoms with Crippen LogP contribution in [0.15, 0.2) is 29.4 Å². The van der Waals surface area contributed by atoms with Gasteiger partial charge in [-0.15, -0.1) is 0 Å². The predicted molar refractivity (Wildman–Crippen MR) is 100.0 cm³/mol. The van der Waals surface area contributed by atoms with Gasteiger partial charge in [0.15, 0.2) is 5.65 Å². The maximum Gasteiger partial charge on any atom is 0.270 e. The minimum Gasteiger partial charge on any atom is -0.356 e. The lowest BCUT2D eigenvalue weighted by atomic mass is 10.3. The van der Waals surface area contributed by atoms with Crippen LogP contribution in [0.4, 0.5) is 5.69 Å². The Hall–Kier alpha value is -2.88. The second-order valence-corrected chi connectivity index (χ2v) is 8.34. The molecule has 1 aliphatic heterocycles. The molecule has 1 aliphatic rings. The van der Waals surface area contributed by atoms with Gasteiger partial charge >= 0.3 is 0 Å². The van der Waals surface area contributed by atoms with Crippen LogP contribution in [0, 0.1) is 6.92 Å². The second-order valence-electron chi connectivity index (χ2n) is 6.66. The lowest BCUT2D eigenvalue weighted by Gasteiger charge is -2.13. The van der Waals surface area contributed by atoms with E-state index in [1.165, 1.54) is 18.5 Å². The molecule has 10 heteroatoms. The molecule has 0 aromatic carbocycles. The molecule has 4 rings (SSSR count). The number of anilines is 1. The summed E-state index contributed by atoms with van der Waals surface area (Å²) in [5.41, 5.74) is 2.05. The molecule has 0 saturated carbocycles. The Labute approximate surface area is 156 Å². The number of aryl methyl sites for hydroxylation is 2. The molecular weight excluding hydrogens is 368 g/mol. The zero-order valence-electron chi connectivity index (χ0n) is 15.1. The standard InChI is InChI=1S/C17H20N6O3S/c1-11-14-7-12(9-19-16(14)22(2)20-11)21-27(25,26)13-8-15(18-10-13)17(24)23-5-3-4-6-23/h7-10,18,21H,3-6H2,1-2H3. The number of hydrogen-bond donors (Lipinski definition) is 2. The van der Waals surface area contributed by atoms with E-state index >= 15 is 0 Å². The largest absolute Gasteiger partial charge is 0.356 e. The fourth-order valence-electron chi connectivity index (χ4n) is 3.32. The molecule has 3 aromatic heterocycles. The average molecular weight is 388 g/mol. The monoisotopic (exact) mass is 388 g/mol. The van der Waals surface area contributed by atoms with E-state index in [1.54, 1.807) is 22.7 Å². The number of carbonyl (C=O) groups is 1. The first-order valence-corrected chi connectivity index (χ1v) is 10.1. The lowest BCUT2D eigenvalue weighted by molar-refractivity contribution is 0.0787. The number of nitrogens with zero attached hydrogens (tertiary/aromatic N) is 4. The highest BCUT2D eigenvalue weighted by atomic mass is 32.2. The first-order chi connectivity index (χ1) is 12.8. The van der Waals surface area contributed by atoms with Crippen LogP contribution in [-0.4, -0.2) is 52.1 Å². The van der Waals surface area contributed by atoms with Gasteiger partial charge in [0.25, 0.3) is 15.9 Å². The number of aromatic amines is 1. The topological polar surface area (TPSA) is 113 Å². The zero-order chi connectivity index (χ0) is 19.2. The molecule has 1 saturated heterocycles. The minimum atomic E-state index is -3.84. The van der Waals surface area contributed by atoms with E-state index in [4.69, 9.17) is 0 Å². The average Bonchev–Trinajstić information content (AvgIpc) is 3.36. The van der Waals surface area contributed by atoms with Crippen LogP contribution in [0.5, 0.6) is 0 Å². The van der Waals surface area contributed by atoms with Crippen molar-refractivity contribution in [3.8, 4) is 0 Å². The first kappa shape index (κ1) is 17.5. The quantitative estimate of drug-likeness (QED) is 0.705. The Balaban J connectivity index is 1.58. The predicted octanol–water partition coefficient (Wildman–Crippen LogP) is 1.64. The van der Waals surface area contributed by atoms with Crippen LogP contribution in [0.3, 0.4) is 0 Å². The van der Waals surface area contributed by atoms with Gasteiger partial charge in [0.1, 0.15) is 10.6 Å². The molecule has 1 fully saturated rings. The Kier molecular flexibility index (Phi) is 4.14. The van der Waals surface area contributed by atoms with Crippen molar-refractivity contribution in [3.63, 3.8) is 0 Å². The highest BCUT2D eigenvalue weighted by Crippen LogP contribution is 2.22. The minimum absolute atomic E-state index is 0.00746. The third kappa shape index (κ3) is 3.16. The molecule has 4 heterocycles. The number of H-pyrrole nitrogens is 1. The van der Waals surface area contributed by atoms with Gasteiger partial charge in [0.2, 0.25) is 0 Å². The van der Waals surface area contributed by atoms with Crippen molar-refractivity contribution in [2.75, 3.05) is 17.8 Å². The van der Waals surface area contributed by atoms with Crippen molar-refractivity contribution in [2.24, 2.45) is 7.05 Å². The molecule has 3 aromatic rings. The Bertz CT molecular complexity index is 1120. The number of likely N-dealkylation sites (tertiary alicyclic amines) is 1. The Morgan fingerprint density at radius 2 is 2.00 bits per heavy atom. The summed E-state index contributed by atoms with van der Waals surface area (Å²) in [5, 5.41) is 5.05. The highest BCUT2D eigenvalue weighted by molar-refractivity contribution is 7.92. The van der Waals surface area contributed by atoms with E-state index in [2.05, 4.69) is 19.8 Å². The van der Waals surface area contributed by atoms with Crippen LogP contribution in [0.25, 0.3) is 11.0 Å². The summed E-state index contributed by atoms with van der Waals surface area (Å²) in [6.07, 6.45) is 4.72. The van der Waals surface area contributed by atoms with Crippen LogP contribution >= 0.6 is 0 Å². The van der Waals surface area contributed by atoms with Gasteiger partial charge in [-0.05, 0) is 31.9 Å². The second kappa shape index (κ2) is 6.38. The van der Waals surface area contributed by atoms with Crippen molar-refractivity contribution in [2.45, 2.75) is 24.7 Å². The third-order valence-electron chi connectivity index (χ3n) is 4.71. The van der Waals surface area contributed by atoms with Crippen molar-refractivity contribution in [1.29, 1.82) is 0 Å². The molecule has 0 bridgehead atoms. The smallest absolute Gasteiger partial charge is 0.270 e. The molecule has 2 N–H and O–H groups in total. The number of hydrogen-bond acceptors (Lipinski definition) is 5. The summed E-state index contributed by atoms with van der Waals surface area (Å²) < 4.78 is 29.5. The summed E-state index contributed by atoms with van der Waals surface area (Å²) in [6, 6.07) is 3.06. The number of aromatic nitrogens is 4. The summed E-state index contributed by atoms with van der Waals surface area (Å²) in [4.78, 5) is 21.2. The molecule has 0 spiro atoms. The van der Waals surface area contributed by atoms with Gasteiger partial charge < -0.3 is 9.88 Å². The number of pyridine rings is 1. The molecule has 0 unspecified atom stereocenters. The van der Waals surface area contributed by atoms with Crippen LogP contribution in [0.2, 0.25) is 0 Å². The Morgan fingerprint density at radius 1 is 1.26 bits per heavy atom. The van der Waals surface area contributed by atoms with E-state index in [-0.39, 0.29) is 16.5 Å². The van der Waals surface area contributed by atoms with Crippen LogP contribution < -0.4 is 4.72 Å². The van der Waals surface area contributed by atoms with Crippen molar-refractivity contribution >= 4 is 32.7 Å². The third-order valence-corrected chi connectivity index (χ3v) is 6.07. The number of amides is 1. The van der Waals surface area contributed by atoms with Crippen LogP contribution in [0.1, 0.15) is 29.0 Å². The summed E-state index contributed by atoms with van der Waals surface area (Å²) >= 11 is 0. The lowest BCUT2D eigenvalue weighted by Crippen LogP contribution is -2.27. The molecule has 9 nitrogen and oxygen atoms in total. The normalized spacial score (nSPS) is 14.8. The summed E-state index contributed by atoms with van der Waals surface area (Å²) in [6.45, 7) is 3.24. The van der Waals surface area contributed by atoms with Gasteiger partial charge in [-0.25, -0.2) is 13.4 Å². The number of sulfonamides is 1. The van der Waals surface area contributed by atoms with Gasteiger partial charge in [-0.2, -0.15) is 5.10 Å². The number of nitrogens with one attached hydrogen (secondary N) is 2. The Morgan fingerprint density at radius 3 is 2.74 bits per heavy atom. The SMILES string of the molecule is Cc1nn(C)c2ncc(NS(=O)(=O)c3c[nH]c(C(=O)N4CCCC4)c3)cc12. The number of fused-ring (bicyclic) bond motifs is 1. The maximum atomic E-state index is 12.7. The molecular formula is C17H20N6O3S. The van der Waals surface area contributed by atoms with E-state index in [1.807, 2.05) is 6.92 Å². The van der Waals surface area contributed by atoms with Gasteiger partial charge in [0.05, 0.1) is 17.6 Å². The molecule has 1 amide bonds. The van der Waals surface area contributed by atoms with E-state index in [0.29, 0.717) is 24.4 Å². The molecule has 0 aliphatic carbocycles. The fraction of sp³-hybridized carbons (Fsp3) is 0.353. The van der Waals surface area contributed by atoms with Crippen LogP contribution in [-0.2, 0) is 17.1 Å². The van der Waals surface area contributed by atoms with Gasteiger partial charge in [-0.3, -0.25) is 14.2 Å². The molecule has 0 radical (unpaired) electrons. The number of rotatable bonds is 4. The highest BCUT2D eigenvalue weighted by Gasteiger charge is 2.24. The van der Waals surface area contributed by atoms with Crippen molar-refractivity contribution < 1.29 is 13.2 Å². The molecule has 27 heavy (non-hydrogen) atoms. The van der Waals surface area contributed by atoms with E-state index < -0.39 is 10.0 Å². The fourth-order valence-corrected chi connectivity index (χ4v) is 4.35. The zero-order valence-corrected chi connectivity index (χ0v) is 15.9. The van der Waals surface area contributed by atoms with Gasteiger partial charge in [-0.1, -0.05) is 0 Å². The van der Waals surface area contributed by atoms with Crippen molar-refractivity contribution in [1.82, 2.24) is 24.6 Å². The van der Waals surface area contributed by atoms with Gasteiger partial charge in [0, 0.05) is 31.7 Å². The number of carbonyl (C=O) groups excluding carboxylic acids is 1. The summed E-state index contributed by atoms with van der Waals surface area (Å²) in [7, 11) is -2.06. The van der Waals surface area contributed by atoms with E-state index in [0.717, 1.165) is 23.9 Å².